The monoisotopic (exact) mass is 375 g/mol. The molecule has 7 nitrogen and oxygen atoms in total. The van der Waals surface area contributed by atoms with Crippen molar-refractivity contribution in [1.29, 1.82) is 5.41 Å². The van der Waals surface area contributed by atoms with Crippen molar-refractivity contribution in [3.63, 3.8) is 0 Å². The molecule has 8 heteroatoms. The van der Waals surface area contributed by atoms with E-state index in [4.69, 9.17) is 14.9 Å². The van der Waals surface area contributed by atoms with E-state index in [2.05, 4.69) is 31.2 Å². The molecular formula is C15H14BrN5O2. The maximum Gasteiger partial charge on any atom is 0.190 e. The largest absolute Gasteiger partial charge is 0.491 e. The smallest absolute Gasteiger partial charge is 0.190 e. The first-order valence-corrected chi connectivity index (χ1v) is 7.52. The number of hydrogen-bond donors (Lipinski definition) is 2. The Labute approximate surface area is 141 Å². The molecule has 0 radical (unpaired) electrons. The van der Waals surface area contributed by atoms with Crippen LogP contribution in [0.25, 0.3) is 11.2 Å². The summed E-state index contributed by atoms with van der Waals surface area (Å²) >= 11 is 3.37. The molecule has 23 heavy (non-hydrogen) atoms. The summed E-state index contributed by atoms with van der Waals surface area (Å²) in [5.41, 5.74) is 1.93. The van der Waals surface area contributed by atoms with E-state index in [-0.39, 0.29) is 0 Å². The Kier molecular flexibility index (Phi) is 4.16. The van der Waals surface area contributed by atoms with E-state index in [1.807, 2.05) is 29.8 Å². The van der Waals surface area contributed by atoms with Crippen LogP contribution >= 0.6 is 15.9 Å². The highest BCUT2D eigenvalue weighted by Crippen LogP contribution is 2.36. The van der Waals surface area contributed by atoms with Crippen LogP contribution in [0.15, 0.2) is 46.8 Å². The Morgan fingerprint density at radius 3 is 2.91 bits per heavy atom. The summed E-state index contributed by atoms with van der Waals surface area (Å²) in [5, 5.41) is 10.6. The maximum atomic E-state index is 7.59. The molecule has 0 aliphatic carbocycles. The van der Waals surface area contributed by atoms with E-state index in [9.17, 15) is 0 Å². The zero-order valence-electron chi connectivity index (χ0n) is 12.5. The standard InChI is InChI=1S/C15H14BrN5O2/c1-21-12-13(22-2)11(8-19-14(12)20-15(21)16)23-10(7-17)9-5-3-4-6-18-9/h3-8,17-18H,1-2H3/b10-9+,17-7?. The minimum Gasteiger partial charge on any atom is -0.491 e. The molecule has 0 aromatic carbocycles. The molecule has 1 aliphatic rings. The van der Waals surface area contributed by atoms with Crippen LogP contribution < -0.4 is 14.8 Å². The van der Waals surface area contributed by atoms with Gasteiger partial charge in [0, 0.05) is 13.2 Å². The third kappa shape index (κ3) is 2.72. The summed E-state index contributed by atoms with van der Waals surface area (Å²) in [6.45, 7) is 0. The summed E-state index contributed by atoms with van der Waals surface area (Å²) in [6.07, 6.45) is 9.96. The summed E-state index contributed by atoms with van der Waals surface area (Å²) in [4.78, 5) is 8.58. The number of halogens is 1. The number of aromatic nitrogens is 3. The predicted octanol–water partition coefficient (Wildman–Crippen LogP) is 2.65. The molecule has 3 rings (SSSR count). The molecule has 0 saturated carbocycles. The summed E-state index contributed by atoms with van der Waals surface area (Å²) in [6, 6.07) is 0. The van der Waals surface area contributed by atoms with E-state index in [1.54, 1.807) is 13.3 Å². The lowest BCUT2D eigenvalue weighted by Crippen LogP contribution is -2.13. The number of methoxy groups -OCH3 is 1. The van der Waals surface area contributed by atoms with Gasteiger partial charge in [-0.05, 0) is 28.1 Å². The van der Waals surface area contributed by atoms with Crippen LogP contribution in [0.2, 0.25) is 0 Å². The van der Waals surface area contributed by atoms with Crippen LogP contribution in [0.4, 0.5) is 0 Å². The van der Waals surface area contributed by atoms with Crippen LogP contribution in [0.5, 0.6) is 11.5 Å². The number of ether oxygens (including phenoxy) is 2. The number of fused-ring (bicyclic) bond motifs is 1. The number of dihydropyridines is 1. The van der Waals surface area contributed by atoms with Gasteiger partial charge in [0.1, 0.15) is 5.52 Å². The number of imidazole rings is 1. The first-order chi connectivity index (χ1) is 11.2. The van der Waals surface area contributed by atoms with Crippen molar-refractivity contribution in [1.82, 2.24) is 19.9 Å². The van der Waals surface area contributed by atoms with Gasteiger partial charge in [0.05, 0.1) is 25.2 Å². The maximum absolute atomic E-state index is 7.59. The van der Waals surface area contributed by atoms with Gasteiger partial charge < -0.3 is 24.8 Å². The van der Waals surface area contributed by atoms with Crippen LogP contribution in [0.3, 0.4) is 0 Å². The van der Waals surface area contributed by atoms with Gasteiger partial charge in [0.2, 0.25) is 0 Å². The van der Waals surface area contributed by atoms with E-state index < -0.39 is 0 Å². The number of allylic oxidation sites excluding steroid dienone is 4. The molecule has 0 saturated heterocycles. The minimum absolute atomic E-state index is 0.353. The summed E-state index contributed by atoms with van der Waals surface area (Å²) in [7, 11) is 3.40. The molecule has 0 bridgehead atoms. The lowest BCUT2D eigenvalue weighted by Gasteiger charge is -2.14. The zero-order chi connectivity index (χ0) is 16.4. The number of pyridine rings is 1. The molecule has 2 aromatic heterocycles. The molecule has 1 aliphatic heterocycles. The number of nitrogens with zero attached hydrogens (tertiary/aromatic N) is 3. The second-order valence-corrected chi connectivity index (χ2v) is 5.36. The molecule has 0 spiro atoms. The van der Waals surface area contributed by atoms with Crippen LogP contribution in [0.1, 0.15) is 0 Å². The number of aryl methyl sites for hydroxylation is 1. The molecule has 2 N–H and O–H groups in total. The van der Waals surface area contributed by atoms with Gasteiger partial charge in [-0.3, -0.25) is 0 Å². The Morgan fingerprint density at radius 1 is 1.43 bits per heavy atom. The first kappa shape index (κ1) is 15.3. The molecular weight excluding hydrogens is 362 g/mol. The van der Waals surface area contributed by atoms with E-state index in [1.165, 1.54) is 6.20 Å². The Balaban J connectivity index is 2.09. The quantitative estimate of drug-likeness (QED) is 0.633. The molecule has 0 atom stereocenters. The highest BCUT2D eigenvalue weighted by molar-refractivity contribution is 9.10. The Morgan fingerprint density at radius 2 is 2.26 bits per heavy atom. The second kappa shape index (κ2) is 6.25. The van der Waals surface area contributed by atoms with Gasteiger partial charge in [-0.2, -0.15) is 0 Å². The van der Waals surface area contributed by atoms with Crippen molar-refractivity contribution in [2.24, 2.45) is 7.05 Å². The lowest BCUT2D eigenvalue weighted by atomic mass is 10.3. The van der Waals surface area contributed by atoms with Crippen LogP contribution in [-0.2, 0) is 7.05 Å². The minimum atomic E-state index is 0.353. The van der Waals surface area contributed by atoms with E-state index >= 15 is 0 Å². The number of hydrogen-bond acceptors (Lipinski definition) is 6. The molecule has 3 heterocycles. The number of rotatable bonds is 4. The lowest BCUT2D eigenvalue weighted by molar-refractivity contribution is 0.371. The highest BCUT2D eigenvalue weighted by Gasteiger charge is 2.18. The predicted molar refractivity (Wildman–Crippen MR) is 90.6 cm³/mol. The Bertz CT molecular complexity index is 866. The van der Waals surface area contributed by atoms with Crippen molar-refractivity contribution >= 4 is 33.3 Å². The third-order valence-corrected chi connectivity index (χ3v) is 4.00. The number of nitrogens with one attached hydrogen (secondary N) is 2. The van der Waals surface area contributed by atoms with Crippen molar-refractivity contribution in [3.8, 4) is 11.5 Å². The molecule has 0 unspecified atom stereocenters. The normalized spacial score (nSPS) is 15.4. The van der Waals surface area contributed by atoms with Gasteiger partial charge in [-0.25, -0.2) is 9.97 Å². The fourth-order valence-electron chi connectivity index (χ4n) is 2.19. The average molecular weight is 376 g/mol. The second-order valence-electron chi connectivity index (χ2n) is 4.65. The van der Waals surface area contributed by atoms with Crippen molar-refractivity contribution < 1.29 is 9.47 Å². The third-order valence-electron chi connectivity index (χ3n) is 3.29. The van der Waals surface area contributed by atoms with Gasteiger partial charge in [0.25, 0.3) is 0 Å². The zero-order valence-corrected chi connectivity index (χ0v) is 14.1. The Hall–Kier alpha value is -2.61. The molecule has 118 valence electrons. The summed E-state index contributed by atoms with van der Waals surface area (Å²) in [5.74, 6) is 1.27. The highest BCUT2D eigenvalue weighted by atomic mass is 79.9. The van der Waals surface area contributed by atoms with Crippen molar-refractivity contribution in [3.05, 3.63) is 46.8 Å². The SMILES string of the molecule is COc1c(O/C(C=N)=C2\C=CC=CN2)cnc2nc(Br)n(C)c12. The first-order valence-electron chi connectivity index (χ1n) is 6.73. The van der Waals surface area contributed by atoms with Gasteiger partial charge in [-0.1, -0.05) is 6.08 Å². The van der Waals surface area contributed by atoms with E-state index in [0.717, 1.165) is 6.21 Å². The van der Waals surface area contributed by atoms with Gasteiger partial charge in [-0.15, -0.1) is 0 Å². The molecule has 0 fully saturated rings. The summed E-state index contributed by atoms with van der Waals surface area (Å²) < 4.78 is 13.8. The fraction of sp³-hybridized carbons (Fsp3) is 0.133. The van der Waals surface area contributed by atoms with Crippen LogP contribution in [0, 0.1) is 5.41 Å². The van der Waals surface area contributed by atoms with Crippen molar-refractivity contribution in [2.45, 2.75) is 0 Å². The molecule has 0 amide bonds. The van der Waals surface area contributed by atoms with E-state index in [0.29, 0.717) is 38.9 Å². The van der Waals surface area contributed by atoms with Crippen molar-refractivity contribution in [2.75, 3.05) is 7.11 Å². The molecule has 2 aromatic rings. The van der Waals surface area contributed by atoms with Gasteiger partial charge >= 0.3 is 0 Å². The fourth-order valence-corrected chi connectivity index (χ4v) is 2.54. The van der Waals surface area contributed by atoms with Crippen LogP contribution in [-0.4, -0.2) is 27.9 Å². The van der Waals surface area contributed by atoms with Gasteiger partial charge in [0.15, 0.2) is 27.6 Å². The average Bonchev–Trinajstić information content (AvgIpc) is 2.88. The topological polar surface area (TPSA) is 85.1 Å².